The summed E-state index contributed by atoms with van der Waals surface area (Å²) in [6.07, 6.45) is 4.59. The highest BCUT2D eigenvalue weighted by molar-refractivity contribution is 5.37. The summed E-state index contributed by atoms with van der Waals surface area (Å²) in [7, 11) is 0. The van der Waals surface area contributed by atoms with Crippen LogP contribution in [-0.4, -0.2) is 11.0 Å². The van der Waals surface area contributed by atoms with Crippen molar-refractivity contribution in [2.45, 2.75) is 39.7 Å². The number of pyridine rings is 1. The number of nitrogens with one attached hydrogen (secondary N) is 1. The van der Waals surface area contributed by atoms with Crippen LogP contribution in [0.4, 0.5) is 5.82 Å². The second kappa shape index (κ2) is 3.26. The molecule has 1 saturated carbocycles. The van der Waals surface area contributed by atoms with Crippen molar-refractivity contribution in [2.75, 3.05) is 5.32 Å². The van der Waals surface area contributed by atoms with Crippen LogP contribution in [0.15, 0.2) is 18.3 Å². The van der Waals surface area contributed by atoms with Gasteiger partial charge in [0.1, 0.15) is 5.82 Å². The Hall–Kier alpha value is -1.05. The van der Waals surface area contributed by atoms with Crippen LogP contribution in [0.25, 0.3) is 0 Å². The van der Waals surface area contributed by atoms with E-state index in [4.69, 9.17) is 0 Å². The number of aromatic nitrogens is 1. The largest absolute Gasteiger partial charge is 0.367 e. The van der Waals surface area contributed by atoms with Crippen molar-refractivity contribution in [3.05, 3.63) is 23.9 Å². The van der Waals surface area contributed by atoms with Crippen LogP contribution in [0.5, 0.6) is 0 Å². The molecule has 2 rings (SSSR count). The number of hydrogen-bond acceptors (Lipinski definition) is 2. The van der Waals surface area contributed by atoms with Gasteiger partial charge in [-0.15, -0.1) is 0 Å². The molecule has 0 saturated heterocycles. The molecule has 1 unspecified atom stereocenters. The lowest BCUT2D eigenvalue weighted by Crippen LogP contribution is -2.25. The van der Waals surface area contributed by atoms with Gasteiger partial charge in [-0.1, -0.05) is 13.0 Å². The molecule has 1 aliphatic carbocycles. The maximum atomic E-state index is 4.35. The molecular formula is C12H18N2. The molecular weight excluding hydrogens is 172 g/mol. The second-order valence-electron chi connectivity index (χ2n) is 4.74. The highest BCUT2D eigenvalue weighted by Crippen LogP contribution is 2.48. The summed E-state index contributed by atoms with van der Waals surface area (Å²) in [4.78, 5) is 4.35. The van der Waals surface area contributed by atoms with E-state index in [0.29, 0.717) is 11.5 Å². The van der Waals surface area contributed by atoms with Gasteiger partial charge in [0.05, 0.1) is 0 Å². The molecule has 0 radical (unpaired) electrons. The first-order valence-corrected chi connectivity index (χ1v) is 5.29. The fourth-order valence-electron chi connectivity index (χ4n) is 1.58. The molecule has 1 fully saturated rings. The average molecular weight is 190 g/mol. The molecule has 0 aromatic carbocycles. The second-order valence-corrected chi connectivity index (χ2v) is 4.74. The molecule has 1 atom stereocenters. The van der Waals surface area contributed by atoms with E-state index in [0.717, 1.165) is 5.82 Å². The molecule has 1 aromatic rings. The lowest BCUT2D eigenvalue weighted by atomic mass is 10.0. The van der Waals surface area contributed by atoms with E-state index < -0.39 is 0 Å². The average Bonchev–Trinajstić information content (AvgIpc) is 2.89. The third-order valence-corrected chi connectivity index (χ3v) is 3.36. The van der Waals surface area contributed by atoms with E-state index in [-0.39, 0.29) is 0 Å². The topological polar surface area (TPSA) is 24.9 Å². The number of anilines is 1. The third-order valence-electron chi connectivity index (χ3n) is 3.36. The lowest BCUT2D eigenvalue weighted by Gasteiger charge is -2.20. The van der Waals surface area contributed by atoms with Gasteiger partial charge in [-0.2, -0.15) is 0 Å². The molecule has 14 heavy (non-hydrogen) atoms. The molecule has 76 valence electrons. The standard InChI is InChI=1S/C12H18N2/c1-9-4-5-11(13-8-9)14-10(2)12(3)6-7-12/h4-5,8,10H,6-7H2,1-3H3,(H,13,14). The maximum absolute atomic E-state index is 4.35. The van der Waals surface area contributed by atoms with Gasteiger partial charge in [-0.05, 0) is 43.7 Å². The fraction of sp³-hybridized carbons (Fsp3) is 0.583. The Morgan fingerprint density at radius 1 is 1.43 bits per heavy atom. The zero-order valence-corrected chi connectivity index (χ0v) is 9.17. The van der Waals surface area contributed by atoms with Crippen LogP contribution < -0.4 is 5.32 Å². The van der Waals surface area contributed by atoms with E-state index in [9.17, 15) is 0 Å². The molecule has 2 heteroatoms. The van der Waals surface area contributed by atoms with Crippen molar-refractivity contribution >= 4 is 5.82 Å². The molecule has 0 amide bonds. The number of nitrogens with zero attached hydrogens (tertiary/aromatic N) is 1. The van der Waals surface area contributed by atoms with Crippen molar-refractivity contribution in [3.63, 3.8) is 0 Å². The Balaban J connectivity index is 2.00. The first kappa shape index (κ1) is 9.50. The van der Waals surface area contributed by atoms with Crippen LogP contribution in [-0.2, 0) is 0 Å². The maximum Gasteiger partial charge on any atom is 0.126 e. The van der Waals surface area contributed by atoms with Gasteiger partial charge in [0, 0.05) is 12.2 Å². The summed E-state index contributed by atoms with van der Waals surface area (Å²) < 4.78 is 0. The predicted molar refractivity (Wildman–Crippen MR) is 59.4 cm³/mol. The first-order valence-electron chi connectivity index (χ1n) is 5.29. The van der Waals surface area contributed by atoms with E-state index in [1.165, 1.54) is 18.4 Å². The van der Waals surface area contributed by atoms with Crippen molar-refractivity contribution in [3.8, 4) is 0 Å². The minimum absolute atomic E-state index is 0.507. The summed E-state index contributed by atoms with van der Waals surface area (Å²) >= 11 is 0. The van der Waals surface area contributed by atoms with Crippen LogP contribution >= 0.6 is 0 Å². The highest BCUT2D eigenvalue weighted by Gasteiger charge is 2.42. The van der Waals surface area contributed by atoms with Gasteiger partial charge in [0.25, 0.3) is 0 Å². The number of rotatable bonds is 3. The quantitative estimate of drug-likeness (QED) is 0.792. The molecule has 1 aliphatic rings. The molecule has 1 aromatic heterocycles. The Morgan fingerprint density at radius 2 is 2.14 bits per heavy atom. The minimum atomic E-state index is 0.507. The highest BCUT2D eigenvalue weighted by atomic mass is 15.0. The SMILES string of the molecule is Cc1ccc(NC(C)C2(C)CC2)nc1. The number of aryl methyl sites for hydroxylation is 1. The number of hydrogen-bond donors (Lipinski definition) is 1. The van der Waals surface area contributed by atoms with E-state index in [1.807, 2.05) is 6.20 Å². The van der Waals surface area contributed by atoms with Crippen molar-refractivity contribution in [1.29, 1.82) is 0 Å². The van der Waals surface area contributed by atoms with E-state index in [2.05, 4.69) is 43.2 Å². The summed E-state index contributed by atoms with van der Waals surface area (Å²) in [6.45, 7) is 6.63. The lowest BCUT2D eigenvalue weighted by molar-refractivity contribution is 0.492. The van der Waals surface area contributed by atoms with Gasteiger partial charge in [0.15, 0.2) is 0 Å². The normalized spacial score (nSPS) is 20.2. The van der Waals surface area contributed by atoms with E-state index in [1.54, 1.807) is 0 Å². The Labute approximate surface area is 85.7 Å². The summed E-state index contributed by atoms with van der Waals surface area (Å²) in [5.41, 5.74) is 1.72. The predicted octanol–water partition coefficient (Wildman–Crippen LogP) is 2.99. The van der Waals surface area contributed by atoms with Crippen molar-refractivity contribution in [1.82, 2.24) is 4.98 Å². The molecule has 1 N–H and O–H groups in total. The molecule has 0 bridgehead atoms. The zero-order valence-electron chi connectivity index (χ0n) is 9.17. The smallest absolute Gasteiger partial charge is 0.126 e. The van der Waals surface area contributed by atoms with Crippen LogP contribution in [0.3, 0.4) is 0 Å². The van der Waals surface area contributed by atoms with Gasteiger partial charge in [-0.25, -0.2) is 4.98 Å². The van der Waals surface area contributed by atoms with Crippen LogP contribution in [0, 0.1) is 12.3 Å². The summed E-state index contributed by atoms with van der Waals surface area (Å²) in [5, 5.41) is 3.46. The van der Waals surface area contributed by atoms with Crippen molar-refractivity contribution in [2.24, 2.45) is 5.41 Å². The fourth-order valence-corrected chi connectivity index (χ4v) is 1.58. The van der Waals surface area contributed by atoms with Gasteiger partial charge in [0.2, 0.25) is 0 Å². The molecule has 0 aliphatic heterocycles. The zero-order chi connectivity index (χ0) is 10.2. The molecule has 2 nitrogen and oxygen atoms in total. The van der Waals surface area contributed by atoms with E-state index >= 15 is 0 Å². The van der Waals surface area contributed by atoms with Crippen LogP contribution in [0.1, 0.15) is 32.3 Å². The Bertz CT molecular complexity index is 312. The van der Waals surface area contributed by atoms with Gasteiger partial charge < -0.3 is 5.32 Å². The Morgan fingerprint density at radius 3 is 2.64 bits per heavy atom. The summed E-state index contributed by atoms with van der Waals surface area (Å²) in [6, 6.07) is 4.67. The van der Waals surface area contributed by atoms with Gasteiger partial charge >= 0.3 is 0 Å². The molecule has 0 spiro atoms. The van der Waals surface area contributed by atoms with Crippen LogP contribution in [0.2, 0.25) is 0 Å². The Kier molecular flexibility index (Phi) is 2.22. The summed E-state index contributed by atoms with van der Waals surface area (Å²) in [5.74, 6) is 0.997. The monoisotopic (exact) mass is 190 g/mol. The van der Waals surface area contributed by atoms with Gasteiger partial charge in [-0.3, -0.25) is 0 Å². The third kappa shape index (κ3) is 1.89. The first-order chi connectivity index (χ1) is 6.60. The van der Waals surface area contributed by atoms with Crippen molar-refractivity contribution < 1.29 is 0 Å². The minimum Gasteiger partial charge on any atom is -0.367 e. The molecule has 1 heterocycles.